The number of hydrogen-bond acceptors (Lipinski definition) is 3. The highest BCUT2D eigenvalue weighted by molar-refractivity contribution is 7.20. The van der Waals surface area contributed by atoms with Crippen LogP contribution in [0.3, 0.4) is 0 Å². The standard InChI is InChI=1S/C13H15Cl2NOS/c1-2-4-16-11(6-9-3-5-17-8-9)10-7-12(14)18-13(10)15/h3,5,7-8,11,16H,2,4,6H2,1H3. The van der Waals surface area contributed by atoms with Crippen LogP contribution in [0.25, 0.3) is 0 Å². The largest absolute Gasteiger partial charge is 0.472 e. The number of furan rings is 1. The van der Waals surface area contributed by atoms with E-state index in [1.54, 1.807) is 12.5 Å². The minimum absolute atomic E-state index is 0.179. The molecular weight excluding hydrogens is 289 g/mol. The Morgan fingerprint density at radius 1 is 1.44 bits per heavy atom. The van der Waals surface area contributed by atoms with E-state index >= 15 is 0 Å². The van der Waals surface area contributed by atoms with Gasteiger partial charge in [0.2, 0.25) is 0 Å². The Hall–Kier alpha value is -0.480. The molecule has 0 saturated heterocycles. The molecule has 0 bridgehead atoms. The summed E-state index contributed by atoms with van der Waals surface area (Å²) in [5.74, 6) is 0. The molecule has 2 nitrogen and oxygen atoms in total. The molecule has 5 heteroatoms. The summed E-state index contributed by atoms with van der Waals surface area (Å²) in [6.45, 7) is 3.09. The molecule has 0 radical (unpaired) electrons. The average molecular weight is 304 g/mol. The van der Waals surface area contributed by atoms with Crippen LogP contribution in [-0.4, -0.2) is 6.54 Å². The maximum atomic E-state index is 6.23. The van der Waals surface area contributed by atoms with Crippen molar-refractivity contribution in [2.24, 2.45) is 0 Å². The van der Waals surface area contributed by atoms with E-state index in [4.69, 9.17) is 27.6 Å². The Morgan fingerprint density at radius 3 is 2.83 bits per heavy atom. The van der Waals surface area contributed by atoms with Gasteiger partial charge in [-0.25, -0.2) is 0 Å². The molecule has 98 valence electrons. The second kappa shape index (κ2) is 6.62. The van der Waals surface area contributed by atoms with Gasteiger partial charge in [0.05, 0.1) is 21.2 Å². The highest BCUT2D eigenvalue weighted by Crippen LogP contribution is 2.36. The second-order valence-corrected chi connectivity index (χ2v) is 6.41. The van der Waals surface area contributed by atoms with Gasteiger partial charge in [0.15, 0.2) is 0 Å². The first-order valence-corrected chi connectivity index (χ1v) is 7.47. The first-order chi connectivity index (χ1) is 8.70. The van der Waals surface area contributed by atoms with E-state index in [-0.39, 0.29) is 6.04 Å². The lowest BCUT2D eigenvalue weighted by atomic mass is 10.0. The van der Waals surface area contributed by atoms with E-state index in [2.05, 4.69) is 12.2 Å². The molecule has 0 saturated carbocycles. The molecule has 18 heavy (non-hydrogen) atoms. The quantitative estimate of drug-likeness (QED) is 0.818. The van der Waals surface area contributed by atoms with E-state index in [9.17, 15) is 0 Å². The minimum atomic E-state index is 0.179. The molecule has 1 N–H and O–H groups in total. The van der Waals surface area contributed by atoms with Crippen LogP contribution in [0.5, 0.6) is 0 Å². The molecule has 2 heterocycles. The van der Waals surface area contributed by atoms with Crippen molar-refractivity contribution in [3.63, 3.8) is 0 Å². The molecule has 2 rings (SSSR count). The van der Waals surface area contributed by atoms with Crippen LogP contribution in [0.1, 0.15) is 30.5 Å². The Balaban J connectivity index is 2.16. The second-order valence-electron chi connectivity index (χ2n) is 4.12. The Bertz CT molecular complexity index is 481. The fourth-order valence-corrected chi connectivity index (χ4v) is 3.42. The Labute approximate surface area is 121 Å². The fourth-order valence-electron chi connectivity index (χ4n) is 1.85. The van der Waals surface area contributed by atoms with Crippen LogP contribution >= 0.6 is 34.5 Å². The molecule has 0 fully saturated rings. The fraction of sp³-hybridized carbons (Fsp3) is 0.385. The van der Waals surface area contributed by atoms with E-state index in [0.29, 0.717) is 0 Å². The summed E-state index contributed by atoms with van der Waals surface area (Å²) < 4.78 is 6.60. The van der Waals surface area contributed by atoms with Crippen LogP contribution in [0.2, 0.25) is 8.67 Å². The van der Waals surface area contributed by atoms with Gasteiger partial charge in [-0.3, -0.25) is 0 Å². The summed E-state index contributed by atoms with van der Waals surface area (Å²) in [4.78, 5) is 0. The van der Waals surface area contributed by atoms with E-state index in [1.807, 2.05) is 12.1 Å². The lowest BCUT2D eigenvalue weighted by Crippen LogP contribution is -2.23. The van der Waals surface area contributed by atoms with Crippen molar-refractivity contribution in [3.8, 4) is 0 Å². The van der Waals surface area contributed by atoms with Gasteiger partial charge in [-0.15, -0.1) is 11.3 Å². The molecule has 0 aliphatic heterocycles. The predicted octanol–water partition coefficient (Wildman–Crippen LogP) is 4.93. The number of thiophene rings is 1. The summed E-state index contributed by atoms with van der Waals surface area (Å²) in [5.41, 5.74) is 2.23. The minimum Gasteiger partial charge on any atom is -0.472 e. The average Bonchev–Trinajstić information content (AvgIpc) is 2.94. The van der Waals surface area contributed by atoms with Gasteiger partial charge in [0.25, 0.3) is 0 Å². The molecule has 2 aromatic rings. The van der Waals surface area contributed by atoms with E-state index in [0.717, 1.165) is 39.2 Å². The van der Waals surface area contributed by atoms with Crippen molar-refractivity contribution >= 4 is 34.5 Å². The van der Waals surface area contributed by atoms with Gasteiger partial charge in [-0.05, 0) is 37.1 Å². The molecule has 0 aromatic carbocycles. The highest BCUT2D eigenvalue weighted by Gasteiger charge is 2.18. The van der Waals surface area contributed by atoms with Gasteiger partial charge in [-0.1, -0.05) is 30.1 Å². The van der Waals surface area contributed by atoms with Crippen molar-refractivity contribution in [2.75, 3.05) is 6.54 Å². The van der Waals surface area contributed by atoms with Gasteiger partial charge in [-0.2, -0.15) is 0 Å². The van der Waals surface area contributed by atoms with E-state index in [1.165, 1.54) is 11.3 Å². The Morgan fingerprint density at radius 2 is 2.28 bits per heavy atom. The monoisotopic (exact) mass is 303 g/mol. The molecule has 0 spiro atoms. The summed E-state index contributed by atoms with van der Waals surface area (Å²) in [5, 5.41) is 3.50. The smallest absolute Gasteiger partial charge is 0.0992 e. The molecule has 1 unspecified atom stereocenters. The third-order valence-electron chi connectivity index (χ3n) is 2.72. The first kappa shape index (κ1) is 13.9. The van der Waals surface area contributed by atoms with Crippen molar-refractivity contribution in [2.45, 2.75) is 25.8 Å². The number of nitrogens with one attached hydrogen (secondary N) is 1. The molecular formula is C13H15Cl2NOS. The molecule has 2 aromatic heterocycles. The van der Waals surface area contributed by atoms with Crippen LogP contribution in [-0.2, 0) is 6.42 Å². The SMILES string of the molecule is CCCNC(Cc1ccoc1)c1cc(Cl)sc1Cl. The van der Waals surface area contributed by atoms with Gasteiger partial charge in [0.1, 0.15) is 0 Å². The third-order valence-corrected chi connectivity index (χ3v) is 4.24. The zero-order chi connectivity index (χ0) is 13.0. The summed E-state index contributed by atoms with van der Waals surface area (Å²) in [7, 11) is 0. The van der Waals surface area contributed by atoms with Crippen molar-refractivity contribution in [1.29, 1.82) is 0 Å². The van der Waals surface area contributed by atoms with Gasteiger partial charge < -0.3 is 9.73 Å². The van der Waals surface area contributed by atoms with Gasteiger partial charge >= 0.3 is 0 Å². The molecule has 0 aliphatic rings. The number of rotatable bonds is 6. The molecule has 0 aliphatic carbocycles. The summed E-state index contributed by atoms with van der Waals surface area (Å²) in [6.07, 6.45) is 5.39. The zero-order valence-corrected chi connectivity index (χ0v) is 12.4. The van der Waals surface area contributed by atoms with Crippen LogP contribution < -0.4 is 5.32 Å². The first-order valence-electron chi connectivity index (χ1n) is 5.90. The Kier molecular flexibility index (Phi) is 5.13. The van der Waals surface area contributed by atoms with Crippen LogP contribution in [0, 0.1) is 0 Å². The van der Waals surface area contributed by atoms with E-state index < -0.39 is 0 Å². The highest BCUT2D eigenvalue weighted by atomic mass is 35.5. The zero-order valence-electron chi connectivity index (χ0n) is 10.1. The van der Waals surface area contributed by atoms with Crippen molar-refractivity contribution in [1.82, 2.24) is 5.32 Å². The molecule has 1 atom stereocenters. The maximum absolute atomic E-state index is 6.23. The summed E-state index contributed by atoms with van der Waals surface area (Å²) in [6, 6.07) is 4.10. The topological polar surface area (TPSA) is 25.2 Å². The number of hydrogen-bond donors (Lipinski definition) is 1. The number of halogens is 2. The van der Waals surface area contributed by atoms with Crippen LogP contribution in [0.15, 0.2) is 29.1 Å². The van der Waals surface area contributed by atoms with Crippen LogP contribution in [0.4, 0.5) is 0 Å². The molecule has 0 amide bonds. The van der Waals surface area contributed by atoms with Crippen molar-refractivity contribution < 1.29 is 4.42 Å². The predicted molar refractivity (Wildman–Crippen MR) is 77.8 cm³/mol. The maximum Gasteiger partial charge on any atom is 0.0992 e. The third kappa shape index (κ3) is 3.51. The van der Waals surface area contributed by atoms with Crippen molar-refractivity contribution in [3.05, 3.63) is 44.5 Å². The normalized spacial score (nSPS) is 12.8. The summed E-state index contributed by atoms with van der Waals surface area (Å²) >= 11 is 13.7. The lowest BCUT2D eigenvalue weighted by molar-refractivity contribution is 0.521. The van der Waals surface area contributed by atoms with Gasteiger partial charge in [0, 0.05) is 11.6 Å². The lowest BCUT2D eigenvalue weighted by Gasteiger charge is -2.17.